The highest BCUT2D eigenvalue weighted by Gasteiger charge is 2.10. The molecular weight excluding hydrogens is 310 g/mol. The largest absolute Gasteiger partial charge is 0.508 e. The van der Waals surface area contributed by atoms with Crippen molar-refractivity contribution in [2.24, 2.45) is 0 Å². The Morgan fingerprint density at radius 1 is 1.09 bits per heavy atom. The molecule has 5 nitrogen and oxygen atoms in total. The number of phenols is 1. The van der Waals surface area contributed by atoms with Crippen molar-refractivity contribution < 1.29 is 9.90 Å². The first-order chi connectivity index (χ1) is 11.1. The van der Waals surface area contributed by atoms with E-state index in [-0.39, 0.29) is 11.7 Å². The first-order valence-corrected chi connectivity index (χ1v) is 8.08. The first kappa shape index (κ1) is 15.4. The number of nitrogens with zero attached hydrogens (tertiary/aromatic N) is 3. The van der Waals surface area contributed by atoms with Crippen LogP contribution in [0.25, 0.3) is 11.0 Å². The highest BCUT2D eigenvalue weighted by atomic mass is 32.1. The van der Waals surface area contributed by atoms with Gasteiger partial charge in [-0.05, 0) is 41.8 Å². The second-order valence-corrected chi connectivity index (χ2v) is 6.03. The molecule has 0 saturated carbocycles. The van der Waals surface area contributed by atoms with Gasteiger partial charge in [0.05, 0.1) is 11.7 Å². The molecule has 1 N–H and O–H groups in total. The molecule has 0 atom stereocenters. The number of aromatic nitrogens is 2. The number of carbonyl (C=O) groups is 1. The summed E-state index contributed by atoms with van der Waals surface area (Å²) >= 11 is 1.20. The van der Waals surface area contributed by atoms with Gasteiger partial charge in [0, 0.05) is 20.0 Å². The lowest BCUT2D eigenvalue weighted by atomic mass is 10.1. The molecule has 1 amide bonds. The summed E-state index contributed by atoms with van der Waals surface area (Å²) in [6.07, 6.45) is 1.11. The number of aromatic hydroxyl groups is 1. The van der Waals surface area contributed by atoms with E-state index in [0.717, 1.165) is 22.2 Å². The number of aryl methyl sites for hydroxylation is 1. The average molecular weight is 327 g/mol. The molecule has 0 radical (unpaired) electrons. The molecule has 6 heteroatoms. The number of amides is 1. The van der Waals surface area contributed by atoms with Crippen LogP contribution in [0.4, 0.5) is 0 Å². The smallest absolute Gasteiger partial charge is 0.222 e. The van der Waals surface area contributed by atoms with E-state index < -0.39 is 0 Å². The van der Waals surface area contributed by atoms with Gasteiger partial charge in [-0.25, -0.2) is 0 Å². The molecule has 0 fully saturated rings. The molecule has 1 heterocycles. The molecule has 118 valence electrons. The molecule has 0 unspecified atom stereocenters. The number of phenolic OH excluding ortho intramolecular Hbond substituents is 1. The number of hydrogen-bond donors (Lipinski definition) is 1. The monoisotopic (exact) mass is 327 g/mol. The molecule has 3 rings (SSSR count). The zero-order chi connectivity index (χ0) is 16.2. The SMILES string of the molecule is CN(Cc1ccc2nsnc2c1)C(=O)CCc1ccc(O)cc1. The second kappa shape index (κ2) is 6.75. The third kappa shape index (κ3) is 3.84. The van der Waals surface area contributed by atoms with Gasteiger partial charge in [0.15, 0.2) is 0 Å². The maximum absolute atomic E-state index is 12.3. The second-order valence-electron chi connectivity index (χ2n) is 5.50. The molecule has 0 saturated heterocycles. The lowest BCUT2D eigenvalue weighted by molar-refractivity contribution is -0.130. The summed E-state index contributed by atoms with van der Waals surface area (Å²) in [4.78, 5) is 14.0. The van der Waals surface area contributed by atoms with Crippen molar-refractivity contribution in [3.63, 3.8) is 0 Å². The van der Waals surface area contributed by atoms with Gasteiger partial charge in [0.1, 0.15) is 16.8 Å². The zero-order valence-corrected chi connectivity index (χ0v) is 13.6. The fourth-order valence-electron chi connectivity index (χ4n) is 2.39. The lowest BCUT2D eigenvalue weighted by Crippen LogP contribution is -2.26. The first-order valence-electron chi connectivity index (χ1n) is 7.35. The van der Waals surface area contributed by atoms with Crippen LogP contribution in [0.15, 0.2) is 42.5 Å². The number of hydrogen-bond acceptors (Lipinski definition) is 5. The minimum absolute atomic E-state index is 0.0922. The minimum atomic E-state index is 0.0922. The molecule has 2 aromatic carbocycles. The molecule has 0 aliphatic heterocycles. The molecule has 0 aliphatic rings. The van der Waals surface area contributed by atoms with Crippen LogP contribution in [0.1, 0.15) is 17.5 Å². The highest BCUT2D eigenvalue weighted by Crippen LogP contribution is 2.16. The molecule has 3 aromatic rings. The van der Waals surface area contributed by atoms with E-state index in [9.17, 15) is 9.90 Å². The van der Waals surface area contributed by atoms with Gasteiger partial charge in [-0.1, -0.05) is 18.2 Å². The molecule has 0 bridgehead atoms. The molecular formula is C17H17N3O2S. The van der Waals surface area contributed by atoms with Crippen molar-refractivity contribution in [3.05, 3.63) is 53.6 Å². The standard InChI is InChI=1S/C17H17N3O2S/c1-20(11-13-4-8-15-16(10-13)19-23-18-15)17(22)9-5-12-2-6-14(21)7-3-12/h2-4,6-8,10,21H,5,9,11H2,1H3. The van der Waals surface area contributed by atoms with Crippen LogP contribution in [0, 0.1) is 0 Å². The Balaban J connectivity index is 1.57. The Morgan fingerprint density at radius 3 is 2.57 bits per heavy atom. The summed E-state index contributed by atoms with van der Waals surface area (Å²) in [5.41, 5.74) is 3.85. The summed E-state index contributed by atoms with van der Waals surface area (Å²) in [6, 6.07) is 12.8. The van der Waals surface area contributed by atoms with Crippen LogP contribution >= 0.6 is 11.7 Å². The summed E-state index contributed by atoms with van der Waals surface area (Å²) in [7, 11) is 1.81. The Morgan fingerprint density at radius 2 is 1.78 bits per heavy atom. The van der Waals surface area contributed by atoms with E-state index in [1.165, 1.54) is 11.7 Å². The van der Waals surface area contributed by atoms with Gasteiger partial charge in [-0.15, -0.1) is 0 Å². The van der Waals surface area contributed by atoms with E-state index in [2.05, 4.69) is 8.75 Å². The van der Waals surface area contributed by atoms with Gasteiger partial charge in [0.2, 0.25) is 5.91 Å². The van der Waals surface area contributed by atoms with Crippen molar-refractivity contribution in [1.29, 1.82) is 0 Å². The van der Waals surface area contributed by atoms with Crippen LogP contribution in [0.2, 0.25) is 0 Å². The van der Waals surface area contributed by atoms with Gasteiger partial charge in [0.25, 0.3) is 0 Å². The van der Waals surface area contributed by atoms with E-state index >= 15 is 0 Å². The average Bonchev–Trinajstić information content (AvgIpc) is 3.01. The topological polar surface area (TPSA) is 66.3 Å². The predicted octanol–water partition coefficient (Wildman–Crippen LogP) is 2.99. The summed E-state index contributed by atoms with van der Waals surface area (Å²) in [5, 5.41) is 9.26. The Kier molecular flexibility index (Phi) is 4.52. The normalized spacial score (nSPS) is 10.8. The molecule has 0 spiro atoms. The third-order valence-corrected chi connectivity index (χ3v) is 4.28. The fraction of sp³-hybridized carbons (Fsp3) is 0.235. The minimum Gasteiger partial charge on any atom is -0.508 e. The maximum Gasteiger partial charge on any atom is 0.222 e. The number of benzene rings is 2. The van der Waals surface area contributed by atoms with Crippen molar-refractivity contribution >= 4 is 28.7 Å². The highest BCUT2D eigenvalue weighted by molar-refractivity contribution is 7.00. The quantitative estimate of drug-likeness (QED) is 0.782. The van der Waals surface area contributed by atoms with Crippen LogP contribution < -0.4 is 0 Å². The van der Waals surface area contributed by atoms with Gasteiger partial charge >= 0.3 is 0 Å². The Labute approximate surface area is 138 Å². The van der Waals surface area contributed by atoms with Gasteiger partial charge in [-0.3, -0.25) is 4.79 Å². The summed E-state index contributed by atoms with van der Waals surface area (Å²) in [5.74, 6) is 0.332. The van der Waals surface area contributed by atoms with Crippen molar-refractivity contribution in [2.45, 2.75) is 19.4 Å². The number of carbonyl (C=O) groups excluding carboxylic acids is 1. The predicted molar refractivity (Wildman–Crippen MR) is 90.3 cm³/mol. The lowest BCUT2D eigenvalue weighted by Gasteiger charge is -2.17. The Bertz CT molecular complexity index is 814. The van der Waals surface area contributed by atoms with E-state index in [4.69, 9.17) is 0 Å². The van der Waals surface area contributed by atoms with E-state index in [1.54, 1.807) is 17.0 Å². The van der Waals surface area contributed by atoms with Crippen molar-refractivity contribution in [3.8, 4) is 5.75 Å². The van der Waals surface area contributed by atoms with Crippen LogP contribution in [0.3, 0.4) is 0 Å². The molecule has 0 aliphatic carbocycles. The van der Waals surface area contributed by atoms with Crippen LogP contribution in [0.5, 0.6) is 5.75 Å². The molecule has 23 heavy (non-hydrogen) atoms. The van der Waals surface area contributed by atoms with Gasteiger partial charge < -0.3 is 10.0 Å². The van der Waals surface area contributed by atoms with Crippen molar-refractivity contribution in [1.82, 2.24) is 13.6 Å². The summed E-state index contributed by atoms with van der Waals surface area (Å²) < 4.78 is 8.40. The van der Waals surface area contributed by atoms with Crippen LogP contribution in [-0.4, -0.2) is 31.7 Å². The van der Waals surface area contributed by atoms with E-state index in [0.29, 0.717) is 19.4 Å². The maximum atomic E-state index is 12.3. The molecule has 1 aromatic heterocycles. The Hall–Kier alpha value is -2.47. The number of fused-ring (bicyclic) bond motifs is 1. The van der Waals surface area contributed by atoms with E-state index in [1.807, 2.05) is 37.4 Å². The van der Waals surface area contributed by atoms with Gasteiger partial charge in [-0.2, -0.15) is 8.75 Å². The number of rotatable bonds is 5. The zero-order valence-electron chi connectivity index (χ0n) is 12.8. The fourth-order valence-corrected chi connectivity index (χ4v) is 2.91. The third-order valence-electron chi connectivity index (χ3n) is 3.73. The van der Waals surface area contributed by atoms with Crippen molar-refractivity contribution in [2.75, 3.05) is 7.05 Å². The summed E-state index contributed by atoms with van der Waals surface area (Å²) in [6.45, 7) is 0.557. The van der Waals surface area contributed by atoms with Crippen LogP contribution in [-0.2, 0) is 17.8 Å².